The Morgan fingerprint density at radius 1 is 1.17 bits per heavy atom. The van der Waals surface area contributed by atoms with Gasteiger partial charge in [0.05, 0.1) is 6.61 Å². The molecule has 0 aliphatic rings. The lowest BCUT2D eigenvalue weighted by atomic mass is 10.0. The Morgan fingerprint density at radius 3 is 2.67 bits per heavy atom. The lowest BCUT2D eigenvalue weighted by Gasteiger charge is -2.17. The zero-order valence-electron chi connectivity index (χ0n) is 12.0. The highest BCUT2D eigenvalue weighted by atomic mass is 16.5. The van der Waals surface area contributed by atoms with Crippen molar-refractivity contribution in [2.75, 3.05) is 13.2 Å². The van der Waals surface area contributed by atoms with Gasteiger partial charge in [0.25, 0.3) is 0 Å². The van der Waals surface area contributed by atoms with Gasteiger partial charge in [-0.05, 0) is 50.4 Å². The van der Waals surface area contributed by atoms with Gasteiger partial charge >= 0.3 is 0 Å². The van der Waals surface area contributed by atoms with E-state index < -0.39 is 0 Å². The third-order valence-corrected chi connectivity index (χ3v) is 3.12. The van der Waals surface area contributed by atoms with Crippen molar-refractivity contribution >= 4 is 0 Å². The molecule has 0 amide bonds. The number of hydrogen-bond acceptors (Lipinski definition) is 2. The molecular weight excluding hydrogens is 222 g/mol. The van der Waals surface area contributed by atoms with Crippen LogP contribution in [0.3, 0.4) is 0 Å². The van der Waals surface area contributed by atoms with Crippen LogP contribution in [0.25, 0.3) is 0 Å². The summed E-state index contributed by atoms with van der Waals surface area (Å²) in [5.41, 5.74) is 1.37. The van der Waals surface area contributed by atoms with Gasteiger partial charge in [-0.2, -0.15) is 0 Å². The summed E-state index contributed by atoms with van der Waals surface area (Å²) < 4.78 is 5.53. The molecule has 102 valence electrons. The zero-order valence-corrected chi connectivity index (χ0v) is 12.0. The van der Waals surface area contributed by atoms with Crippen LogP contribution in [-0.4, -0.2) is 19.2 Å². The lowest BCUT2D eigenvalue weighted by molar-refractivity contribution is 0.339. The third kappa shape index (κ3) is 5.54. The molecule has 2 nitrogen and oxygen atoms in total. The van der Waals surface area contributed by atoms with Gasteiger partial charge in [0.1, 0.15) is 5.75 Å². The van der Waals surface area contributed by atoms with E-state index >= 15 is 0 Å². The van der Waals surface area contributed by atoms with Crippen molar-refractivity contribution < 1.29 is 4.74 Å². The molecule has 1 rings (SSSR count). The van der Waals surface area contributed by atoms with Gasteiger partial charge in [0.15, 0.2) is 0 Å². The summed E-state index contributed by atoms with van der Waals surface area (Å²) in [6, 6.07) is 9.12. The van der Waals surface area contributed by atoms with Gasteiger partial charge in [-0.3, -0.25) is 0 Å². The number of rotatable bonds is 9. The topological polar surface area (TPSA) is 21.3 Å². The number of nitrogens with one attached hydrogen (secondary N) is 1. The molecule has 18 heavy (non-hydrogen) atoms. The quantitative estimate of drug-likeness (QED) is 0.719. The molecule has 0 bridgehead atoms. The highest BCUT2D eigenvalue weighted by Crippen LogP contribution is 2.16. The van der Waals surface area contributed by atoms with Crippen LogP contribution in [0.4, 0.5) is 0 Å². The smallest absolute Gasteiger partial charge is 0.119 e. The molecule has 1 aromatic rings. The molecule has 1 aromatic carbocycles. The van der Waals surface area contributed by atoms with Crippen LogP contribution in [-0.2, 0) is 6.42 Å². The van der Waals surface area contributed by atoms with Crippen LogP contribution >= 0.6 is 0 Å². The first-order chi connectivity index (χ1) is 8.80. The monoisotopic (exact) mass is 249 g/mol. The minimum absolute atomic E-state index is 0.649. The molecule has 0 heterocycles. The molecule has 2 heteroatoms. The molecule has 1 N–H and O–H groups in total. The van der Waals surface area contributed by atoms with Crippen LogP contribution in [0, 0.1) is 0 Å². The number of benzene rings is 1. The number of hydrogen-bond donors (Lipinski definition) is 1. The second-order valence-corrected chi connectivity index (χ2v) is 4.66. The Bertz CT molecular complexity index is 319. The molecule has 0 saturated carbocycles. The average molecular weight is 249 g/mol. The molecule has 0 aliphatic heterocycles. The second kappa shape index (κ2) is 8.98. The first-order valence-corrected chi connectivity index (χ1v) is 7.25. The molecule has 0 aromatic heterocycles. The Morgan fingerprint density at radius 2 is 2.00 bits per heavy atom. The third-order valence-electron chi connectivity index (χ3n) is 3.12. The Balaban J connectivity index is 2.47. The lowest BCUT2D eigenvalue weighted by Crippen LogP contribution is -2.29. The van der Waals surface area contributed by atoms with Gasteiger partial charge < -0.3 is 10.1 Å². The van der Waals surface area contributed by atoms with E-state index in [0.29, 0.717) is 6.04 Å². The molecule has 0 saturated heterocycles. The summed E-state index contributed by atoms with van der Waals surface area (Å²) in [4.78, 5) is 0. The molecule has 1 unspecified atom stereocenters. The average Bonchev–Trinajstić information content (AvgIpc) is 2.37. The molecule has 1 atom stereocenters. The van der Waals surface area contributed by atoms with Crippen LogP contribution in [0.2, 0.25) is 0 Å². The van der Waals surface area contributed by atoms with Crippen molar-refractivity contribution in [3.8, 4) is 5.75 Å². The summed E-state index contributed by atoms with van der Waals surface area (Å²) in [7, 11) is 0. The Labute approximate surface area is 112 Å². The number of aryl methyl sites for hydroxylation is 1. The highest BCUT2D eigenvalue weighted by molar-refractivity contribution is 5.28. The minimum Gasteiger partial charge on any atom is -0.494 e. The van der Waals surface area contributed by atoms with E-state index in [2.05, 4.69) is 37.4 Å². The number of ether oxygens (including phenoxy) is 1. The molecule has 0 radical (unpaired) electrons. The van der Waals surface area contributed by atoms with Gasteiger partial charge in [0, 0.05) is 6.04 Å². The maximum absolute atomic E-state index is 5.53. The standard InChI is InChI=1S/C16H27NO/c1-4-8-15(17-5-2)12-11-14-9-7-10-16(13-14)18-6-3/h7,9-10,13,15,17H,4-6,8,11-12H2,1-3H3. The van der Waals surface area contributed by atoms with Crippen LogP contribution < -0.4 is 10.1 Å². The van der Waals surface area contributed by atoms with Crippen LogP contribution in [0.1, 0.15) is 45.6 Å². The summed E-state index contributed by atoms with van der Waals surface area (Å²) in [6.45, 7) is 8.25. The van der Waals surface area contributed by atoms with Gasteiger partial charge in [0.2, 0.25) is 0 Å². The normalized spacial score (nSPS) is 12.4. The van der Waals surface area contributed by atoms with Crippen molar-refractivity contribution in [1.82, 2.24) is 5.32 Å². The van der Waals surface area contributed by atoms with Crippen molar-refractivity contribution in [1.29, 1.82) is 0 Å². The summed E-state index contributed by atoms with van der Waals surface area (Å²) in [6.07, 6.45) is 4.84. The van der Waals surface area contributed by atoms with Gasteiger partial charge in [-0.25, -0.2) is 0 Å². The highest BCUT2D eigenvalue weighted by Gasteiger charge is 2.06. The van der Waals surface area contributed by atoms with Crippen molar-refractivity contribution in [2.24, 2.45) is 0 Å². The van der Waals surface area contributed by atoms with E-state index in [4.69, 9.17) is 4.74 Å². The van der Waals surface area contributed by atoms with E-state index in [1.807, 2.05) is 13.0 Å². The predicted octanol–water partition coefficient (Wildman–Crippen LogP) is 3.80. The first-order valence-electron chi connectivity index (χ1n) is 7.25. The van der Waals surface area contributed by atoms with Crippen LogP contribution in [0.5, 0.6) is 5.75 Å². The summed E-state index contributed by atoms with van der Waals surface area (Å²) in [5, 5.41) is 3.56. The van der Waals surface area contributed by atoms with Gasteiger partial charge in [-0.1, -0.05) is 32.4 Å². The fraction of sp³-hybridized carbons (Fsp3) is 0.625. The summed E-state index contributed by atoms with van der Waals surface area (Å²) in [5.74, 6) is 0.991. The van der Waals surface area contributed by atoms with Gasteiger partial charge in [-0.15, -0.1) is 0 Å². The van der Waals surface area contributed by atoms with E-state index in [1.54, 1.807) is 0 Å². The SMILES string of the molecule is CCCC(CCc1cccc(OCC)c1)NCC. The Hall–Kier alpha value is -1.02. The fourth-order valence-corrected chi connectivity index (χ4v) is 2.28. The molecular formula is C16H27NO. The van der Waals surface area contributed by atoms with E-state index in [1.165, 1.54) is 24.8 Å². The molecule has 0 aliphatic carbocycles. The maximum Gasteiger partial charge on any atom is 0.119 e. The van der Waals surface area contributed by atoms with Crippen LogP contribution in [0.15, 0.2) is 24.3 Å². The molecule has 0 fully saturated rings. The van der Waals surface area contributed by atoms with Crippen molar-refractivity contribution in [2.45, 2.75) is 52.5 Å². The van der Waals surface area contributed by atoms with E-state index in [-0.39, 0.29) is 0 Å². The molecule has 0 spiro atoms. The van der Waals surface area contributed by atoms with Crippen molar-refractivity contribution in [3.63, 3.8) is 0 Å². The maximum atomic E-state index is 5.53. The summed E-state index contributed by atoms with van der Waals surface area (Å²) >= 11 is 0. The van der Waals surface area contributed by atoms with Crippen molar-refractivity contribution in [3.05, 3.63) is 29.8 Å². The second-order valence-electron chi connectivity index (χ2n) is 4.66. The Kier molecular flexibility index (Phi) is 7.51. The minimum atomic E-state index is 0.649. The van der Waals surface area contributed by atoms with E-state index in [9.17, 15) is 0 Å². The van der Waals surface area contributed by atoms with E-state index in [0.717, 1.165) is 25.3 Å². The first kappa shape index (κ1) is 15.0. The zero-order chi connectivity index (χ0) is 13.2. The predicted molar refractivity (Wildman–Crippen MR) is 78.3 cm³/mol. The fourth-order valence-electron chi connectivity index (χ4n) is 2.28. The largest absolute Gasteiger partial charge is 0.494 e.